The minimum Gasteiger partial charge on any atom is -0.497 e. The SMILES string of the molecule is COc1ccc(OC)c(NC(=O)c2cc(C3CC3)nc3c2c(C)nn3-c2ccccc2)c1. The molecule has 0 bridgehead atoms. The lowest BCUT2D eigenvalue weighted by Gasteiger charge is -2.13. The molecule has 162 valence electrons. The molecule has 1 aliphatic rings. The fourth-order valence-corrected chi connectivity index (χ4v) is 3.93. The fraction of sp³-hybridized carbons (Fsp3) is 0.240. The van der Waals surface area contributed by atoms with Crippen molar-refractivity contribution in [1.82, 2.24) is 14.8 Å². The lowest BCUT2D eigenvalue weighted by molar-refractivity contribution is 0.102. The van der Waals surface area contributed by atoms with Gasteiger partial charge in [-0.15, -0.1) is 0 Å². The maximum atomic E-state index is 13.5. The van der Waals surface area contributed by atoms with Crippen LogP contribution < -0.4 is 14.8 Å². The first-order valence-electron chi connectivity index (χ1n) is 10.6. The molecule has 7 heteroatoms. The van der Waals surface area contributed by atoms with Gasteiger partial charge in [0.1, 0.15) is 11.5 Å². The number of ether oxygens (including phenoxy) is 2. The summed E-state index contributed by atoms with van der Waals surface area (Å²) in [5.41, 5.74) is 4.39. The number of carbonyl (C=O) groups excluding carboxylic acids is 1. The third-order valence-corrected chi connectivity index (χ3v) is 5.73. The second-order valence-electron chi connectivity index (χ2n) is 7.92. The van der Waals surface area contributed by atoms with E-state index in [0.717, 1.165) is 35.3 Å². The summed E-state index contributed by atoms with van der Waals surface area (Å²) < 4.78 is 12.6. The van der Waals surface area contributed by atoms with Gasteiger partial charge in [-0.1, -0.05) is 18.2 Å². The molecular weight excluding hydrogens is 404 g/mol. The fourth-order valence-electron chi connectivity index (χ4n) is 3.93. The number of fused-ring (bicyclic) bond motifs is 1. The van der Waals surface area contributed by atoms with Crippen LogP contribution in [0.25, 0.3) is 16.7 Å². The van der Waals surface area contributed by atoms with E-state index in [1.165, 1.54) is 0 Å². The normalized spacial score (nSPS) is 13.2. The first-order chi connectivity index (χ1) is 15.6. The number of amides is 1. The van der Waals surface area contributed by atoms with E-state index >= 15 is 0 Å². The molecule has 1 N–H and O–H groups in total. The highest BCUT2D eigenvalue weighted by molar-refractivity contribution is 6.13. The molecule has 1 saturated carbocycles. The van der Waals surface area contributed by atoms with Crippen LogP contribution in [0.3, 0.4) is 0 Å². The summed E-state index contributed by atoms with van der Waals surface area (Å²) in [5.74, 6) is 1.34. The Labute approximate surface area is 186 Å². The van der Waals surface area contributed by atoms with E-state index in [9.17, 15) is 4.79 Å². The number of pyridine rings is 1. The third-order valence-electron chi connectivity index (χ3n) is 5.73. The Hall–Kier alpha value is -3.87. The van der Waals surface area contributed by atoms with E-state index in [0.29, 0.717) is 34.3 Å². The highest BCUT2D eigenvalue weighted by atomic mass is 16.5. The number of hydrogen-bond acceptors (Lipinski definition) is 5. The average Bonchev–Trinajstić information content (AvgIpc) is 3.62. The molecule has 0 radical (unpaired) electrons. The highest BCUT2D eigenvalue weighted by Gasteiger charge is 2.29. The van der Waals surface area contributed by atoms with Crippen molar-refractivity contribution in [2.45, 2.75) is 25.7 Å². The standard InChI is InChI=1S/C25H24N4O3/c1-15-23-19(25(30)27-21-13-18(31-2)11-12-22(21)32-3)14-20(16-9-10-16)26-24(23)29(28-15)17-7-5-4-6-8-17/h4-8,11-14,16H,9-10H2,1-3H3,(H,27,30). The van der Waals surface area contributed by atoms with Crippen LogP contribution >= 0.6 is 0 Å². The Morgan fingerprint density at radius 1 is 1.06 bits per heavy atom. The van der Waals surface area contributed by atoms with E-state index in [4.69, 9.17) is 19.6 Å². The molecule has 2 heterocycles. The lowest BCUT2D eigenvalue weighted by atomic mass is 10.1. The number of anilines is 1. The van der Waals surface area contributed by atoms with Crippen molar-refractivity contribution in [1.29, 1.82) is 0 Å². The minimum absolute atomic E-state index is 0.235. The van der Waals surface area contributed by atoms with E-state index in [1.807, 2.05) is 48.0 Å². The van der Waals surface area contributed by atoms with Crippen molar-refractivity contribution in [2.24, 2.45) is 0 Å². The maximum absolute atomic E-state index is 13.5. The number of aryl methyl sites for hydroxylation is 1. The van der Waals surface area contributed by atoms with Crippen molar-refractivity contribution in [3.63, 3.8) is 0 Å². The molecule has 0 unspecified atom stereocenters. The van der Waals surface area contributed by atoms with Gasteiger partial charge in [0.05, 0.1) is 42.2 Å². The van der Waals surface area contributed by atoms with E-state index < -0.39 is 0 Å². The van der Waals surface area contributed by atoms with Crippen LogP contribution in [0.2, 0.25) is 0 Å². The summed E-state index contributed by atoms with van der Waals surface area (Å²) in [5, 5.41) is 8.47. The van der Waals surface area contributed by atoms with Gasteiger partial charge < -0.3 is 14.8 Å². The number of benzene rings is 2. The number of para-hydroxylation sites is 1. The van der Waals surface area contributed by atoms with Crippen molar-refractivity contribution >= 4 is 22.6 Å². The molecule has 32 heavy (non-hydrogen) atoms. The van der Waals surface area contributed by atoms with Gasteiger partial charge in [0.2, 0.25) is 0 Å². The van der Waals surface area contributed by atoms with Crippen LogP contribution in [0.1, 0.15) is 40.5 Å². The summed E-state index contributed by atoms with van der Waals surface area (Å²) in [6.07, 6.45) is 2.17. The van der Waals surface area contributed by atoms with E-state index in [2.05, 4.69) is 5.32 Å². The number of nitrogens with one attached hydrogen (secondary N) is 1. The van der Waals surface area contributed by atoms with Crippen molar-refractivity contribution < 1.29 is 14.3 Å². The van der Waals surface area contributed by atoms with Crippen molar-refractivity contribution in [3.8, 4) is 17.2 Å². The smallest absolute Gasteiger partial charge is 0.256 e. The topological polar surface area (TPSA) is 78.3 Å². The van der Waals surface area contributed by atoms with Gasteiger partial charge in [-0.2, -0.15) is 5.10 Å². The zero-order valence-electron chi connectivity index (χ0n) is 18.3. The molecule has 7 nitrogen and oxygen atoms in total. The Morgan fingerprint density at radius 3 is 2.53 bits per heavy atom. The van der Waals surface area contributed by atoms with Gasteiger partial charge in [0.15, 0.2) is 5.65 Å². The molecule has 0 spiro atoms. The maximum Gasteiger partial charge on any atom is 0.256 e. The third kappa shape index (κ3) is 3.56. The molecule has 1 amide bonds. The quantitative estimate of drug-likeness (QED) is 0.474. The summed E-state index contributed by atoms with van der Waals surface area (Å²) in [4.78, 5) is 18.4. The Kier molecular flexibility index (Phi) is 5.01. The number of rotatable bonds is 6. The summed E-state index contributed by atoms with van der Waals surface area (Å²) in [7, 11) is 3.16. The number of methoxy groups -OCH3 is 2. The summed E-state index contributed by atoms with van der Waals surface area (Å²) in [6.45, 7) is 1.91. The van der Waals surface area contributed by atoms with Crippen LogP contribution in [-0.2, 0) is 0 Å². The monoisotopic (exact) mass is 428 g/mol. The molecule has 0 aliphatic heterocycles. The molecular formula is C25H24N4O3. The Balaban J connectivity index is 1.64. The number of aromatic nitrogens is 3. The molecule has 4 aromatic rings. The highest BCUT2D eigenvalue weighted by Crippen LogP contribution is 2.41. The molecule has 2 aromatic carbocycles. The summed E-state index contributed by atoms with van der Waals surface area (Å²) >= 11 is 0. The molecule has 2 aromatic heterocycles. The first-order valence-corrected chi connectivity index (χ1v) is 10.6. The molecule has 1 fully saturated rings. The number of carbonyl (C=O) groups is 1. The van der Waals surface area contributed by atoms with Crippen molar-refractivity contribution in [3.05, 3.63) is 71.5 Å². The van der Waals surface area contributed by atoms with Gasteiger partial charge >= 0.3 is 0 Å². The Morgan fingerprint density at radius 2 is 1.84 bits per heavy atom. The Bertz CT molecular complexity index is 1310. The number of nitrogens with zero attached hydrogens (tertiary/aromatic N) is 3. The zero-order valence-corrected chi connectivity index (χ0v) is 18.3. The van der Waals surface area contributed by atoms with Crippen molar-refractivity contribution in [2.75, 3.05) is 19.5 Å². The van der Waals surface area contributed by atoms with Gasteiger partial charge in [-0.25, -0.2) is 9.67 Å². The van der Waals surface area contributed by atoms with Crippen LogP contribution in [0.15, 0.2) is 54.6 Å². The van der Waals surface area contributed by atoms with Crippen LogP contribution in [0.4, 0.5) is 5.69 Å². The lowest BCUT2D eigenvalue weighted by Crippen LogP contribution is -2.14. The molecule has 0 saturated heterocycles. The zero-order chi connectivity index (χ0) is 22.2. The average molecular weight is 428 g/mol. The first kappa shape index (κ1) is 20.1. The molecule has 5 rings (SSSR count). The number of hydrogen-bond donors (Lipinski definition) is 1. The predicted molar refractivity (Wildman–Crippen MR) is 123 cm³/mol. The van der Waals surface area contributed by atoms with Gasteiger partial charge in [0, 0.05) is 17.7 Å². The van der Waals surface area contributed by atoms with Gasteiger partial charge in [-0.05, 0) is 50.1 Å². The second-order valence-corrected chi connectivity index (χ2v) is 7.92. The van der Waals surface area contributed by atoms with Gasteiger partial charge in [-0.3, -0.25) is 4.79 Å². The summed E-state index contributed by atoms with van der Waals surface area (Å²) in [6, 6.07) is 17.1. The van der Waals surface area contributed by atoms with E-state index in [1.54, 1.807) is 32.4 Å². The predicted octanol–water partition coefficient (Wildman–Crippen LogP) is 4.88. The van der Waals surface area contributed by atoms with E-state index in [-0.39, 0.29) is 5.91 Å². The largest absolute Gasteiger partial charge is 0.497 e. The van der Waals surface area contributed by atoms with Crippen LogP contribution in [-0.4, -0.2) is 34.9 Å². The van der Waals surface area contributed by atoms with Crippen LogP contribution in [0, 0.1) is 6.92 Å². The van der Waals surface area contributed by atoms with Gasteiger partial charge in [0.25, 0.3) is 5.91 Å². The second kappa shape index (κ2) is 8.00. The molecule has 0 atom stereocenters. The molecule has 1 aliphatic carbocycles. The van der Waals surface area contributed by atoms with Crippen LogP contribution in [0.5, 0.6) is 11.5 Å². The minimum atomic E-state index is -0.235.